The predicted molar refractivity (Wildman–Crippen MR) is 53.4 cm³/mol. The van der Waals surface area contributed by atoms with Crippen LogP contribution in [0.15, 0.2) is 12.2 Å². The van der Waals surface area contributed by atoms with Gasteiger partial charge in [0.1, 0.15) is 6.61 Å². The van der Waals surface area contributed by atoms with Crippen molar-refractivity contribution in [1.82, 2.24) is 4.90 Å². The first kappa shape index (κ1) is 8.34. The van der Waals surface area contributed by atoms with Gasteiger partial charge in [0, 0.05) is 4.43 Å². The van der Waals surface area contributed by atoms with Crippen molar-refractivity contribution >= 4 is 28.7 Å². The molecule has 0 aliphatic carbocycles. The molecule has 0 N–H and O–H groups in total. The molecule has 0 bridgehead atoms. The molecule has 0 aromatic carbocycles. The molecule has 2 aliphatic heterocycles. The van der Waals surface area contributed by atoms with Gasteiger partial charge in [0.15, 0.2) is 0 Å². The standard InChI is InChI=1S/C8H10INO2/c9-4-3-6-1-2-7-5-12-8(11)10(6)7/h1-2,6-7H,3-5H2/t6-,7?/m0/s1. The summed E-state index contributed by atoms with van der Waals surface area (Å²) in [7, 11) is 0. The summed E-state index contributed by atoms with van der Waals surface area (Å²) in [6.07, 6.45) is 5.06. The van der Waals surface area contributed by atoms with Crippen molar-refractivity contribution in [2.24, 2.45) is 0 Å². The highest BCUT2D eigenvalue weighted by Gasteiger charge is 2.38. The molecule has 4 heteroatoms. The SMILES string of the molecule is O=C1OCC2C=C[C@@H](CCI)N12. The van der Waals surface area contributed by atoms with Crippen LogP contribution in [0.3, 0.4) is 0 Å². The van der Waals surface area contributed by atoms with Gasteiger partial charge in [-0.3, -0.25) is 4.90 Å². The maximum absolute atomic E-state index is 11.2. The largest absolute Gasteiger partial charge is 0.447 e. The number of alkyl halides is 1. The maximum Gasteiger partial charge on any atom is 0.410 e. The summed E-state index contributed by atoms with van der Waals surface area (Å²) in [5.74, 6) is 0. The Labute approximate surface area is 84.9 Å². The van der Waals surface area contributed by atoms with Gasteiger partial charge in [0.05, 0.1) is 12.1 Å². The molecule has 1 saturated heterocycles. The molecule has 3 nitrogen and oxygen atoms in total. The first-order valence-electron chi connectivity index (χ1n) is 4.02. The average molecular weight is 279 g/mol. The van der Waals surface area contributed by atoms with Gasteiger partial charge in [-0.05, 0) is 6.42 Å². The lowest BCUT2D eigenvalue weighted by Crippen LogP contribution is -2.35. The number of cyclic esters (lactones) is 1. The van der Waals surface area contributed by atoms with Gasteiger partial charge < -0.3 is 4.74 Å². The Bertz CT molecular complexity index is 229. The monoisotopic (exact) mass is 279 g/mol. The summed E-state index contributed by atoms with van der Waals surface area (Å²) in [5.41, 5.74) is 0. The first-order chi connectivity index (χ1) is 5.83. The second-order valence-electron chi connectivity index (χ2n) is 2.98. The quantitative estimate of drug-likeness (QED) is 0.436. The molecule has 12 heavy (non-hydrogen) atoms. The van der Waals surface area contributed by atoms with E-state index in [0.717, 1.165) is 10.8 Å². The molecule has 2 rings (SSSR count). The number of fused-ring (bicyclic) bond motifs is 1. The van der Waals surface area contributed by atoms with Crippen molar-refractivity contribution in [3.8, 4) is 0 Å². The van der Waals surface area contributed by atoms with E-state index in [1.165, 1.54) is 0 Å². The zero-order chi connectivity index (χ0) is 8.55. The highest BCUT2D eigenvalue weighted by molar-refractivity contribution is 14.1. The molecule has 66 valence electrons. The Kier molecular flexibility index (Phi) is 2.25. The fourth-order valence-corrected chi connectivity index (χ4v) is 2.31. The molecule has 0 saturated carbocycles. The van der Waals surface area contributed by atoms with Crippen LogP contribution in [0.2, 0.25) is 0 Å². The van der Waals surface area contributed by atoms with Gasteiger partial charge in [-0.25, -0.2) is 4.79 Å². The van der Waals surface area contributed by atoms with Crippen LogP contribution in [0.4, 0.5) is 4.79 Å². The summed E-state index contributed by atoms with van der Waals surface area (Å²) < 4.78 is 6.00. The molecular weight excluding hydrogens is 269 g/mol. The van der Waals surface area contributed by atoms with E-state index >= 15 is 0 Å². The minimum Gasteiger partial charge on any atom is -0.447 e. The van der Waals surface area contributed by atoms with Gasteiger partial charge in [0.25, 0.3) is 0 Å². The van der Waals surface area contributed by atoms with E-state index in [-0.39, 0.29) is 18.2 Å². The maximum atomic E-state index is 11.2. The van der Waals surface area contributed by atoms with Gasteiger partial charge in [-0.15, -0.1) is 0 Å². The van der Waals surface area contributed by atoms with E-state index < -0.39 is 0 Å². The summed E-state index contributed by atoms with van der Waals surface area (Å²) in [6.45, 7) is 0.535. The normalized spacial score (nSPS) is 32.4. The second kappa shape index (κ2) is 3.24. The van der Waals surface area contributed by atoms with Crippen molar-refractivity contribution in [3.63, 3.8) is 0 Å². The fraction of sp³-hybridized carbons (Fsp3) is 0.625. The van der Waals surface area contributed by atoms with Crippen LogP contribution in [-0.4, -0.2) is 34.1 Å². The molecule has 1 unspecified atom stereocenters. The summed E-state index contributed by atoms with van der Waals surface area (Å²) in [4.78, 5) is 13.0. The molecule has 0 aromatic heterocycles. The number of amides is 1. The third-order valence-electron chi connectivity index (χ3n) is 2.26. The van der Waals surface area contributed by atoms with Crippen molar-refractivity contribution in [2.45, 2.75) is 18.5 Å². The molecule has 1 fully saturated rings. The Morgan fingerprint density at radius 1 is 1.67 bits per heavy atom. The number of ether oxygens (including phenoxy) is 1. The lowest BCUT2D eigenvalue weighted by molar-refractivity contribution is 0.153. The Morgan fingerprint density at radius 2 is 2.50 bits per heavy atom. The average Bonchev–Trinajstić information content (AvgIpc) is 2.58. The molecule has 0 spiro atoms. The zero-order valence-corrected chi connectivity index (χ0v) is 8.73. The molecule has 0 radical (unpaired) electrons. The molecule has 0 aromatic rings. The second-order valence-corrected chi connectivity index (χ2v) is 4.06. The van der Waals surface area contributed by atoms with E-state index in [4.69, 9.17) is 4.74 Å². The fourth-order valence-electron chi connectivity index (χ4n) is 1.67. The van der Waals surface area contributed by atoms with E-state index in [9.17, 15) is 4.79 Å². The summed E-state index contributed by atoms with van der Waals surface area (Å²) >= 11 is 2.33. The highest BCUT2D eigenvalue weighted by Crippen LogP contribution is 2.25. The van der Waals surface area contributed by atoms with Crippen molar-refractivity contribution in [1.29, 1.82) is 0 Å². The third-order valence-corrected chi connectivity index (χ3v) is 2.89. The van der Waals surface area contributed by atoms with Gasteiger partial charge in [0.2, 0.25) is 0 Å². The van der Waals surface area contributed by atoms with Crippen molar-refractivity contribution in [2.75, 3.05) is 11.0 Å². The van der Waals surface area contributed by atoms with Crippen LogP contribution in [0.5, 0.6) is 0 Å². The number of rotatable bonds is 2. The van der Waals surface area contributed by atoms with Crippen LogP contribution in [0, 0.1) is 0 Å². The summed E-state index contributed by atoms with van der Waals surface area (Å²) in [6, 6.07) is 0.493. The van der Waals surface area contributed by atoms with E-state index in [2.05, 4.69) is 34.7 Å². The van der Waals surface area contributed by atoms with Crippen LogP contribution in [0.1, 0.15) is 6.42 Å². The third kappa shape index (κ3) is 1.22. The van der Waals surface area contributed by atoms with Crippen molar-refractivity contribution < 1.29 is 9.53 Å². The van der Waals surface area contributed by atoms with E-state index in [1.807, 2.05) is 4.90 Å². The number of halogens is 1. The smallest absolute Gasteiger partial charge is 0.410 e. The summed E-state index contributed by atoms with van der Waals surface area (Å²) in [5, 5.41) is 0. The highest BCUT2D eigenvalue weighted by atomic mass is 127. The lowest BCUT2D eigenvalue weighted by atomic mass is 10.2. The minimum atomic E-state index is -0.153. The van der Waals surface area contributed by atoms with Gasteiger partial charge >= 0.3 is 6.09 Å². The van der Waals surface area contributed by atoms with Gasteiger partial charge in [-0.1, -0.05) is 34.7 Å². The number of carbonyl (C=O) groups is 1. The number of hydrogen-bond acceptors (Lipinski definition) is 2. The molecule has 2 atom stereocenters. The van der Waals surface area contributed by atoms with Crippen LogP contribution in [-0.2, 0) is 4.74 Å². The van der Waals surface area contributed by atoms with E-state index in [0.29, 0.717) is 6.61 Å². The Hall–Kier alpha value is -0.260. The molecular formula is C8H10INO2. The molecule has 2 heterocycles. The van der Waals surface area contributed by atoms with E-state index in [1.54, 1.807) is 0 Å². The number of carbonyl (C=O) groups excluding carboxylic acids is 1. The topological polar surface area (TPSA) is 29.5 Å². The molecule has 1 amide bonds. The Morgan fingerprint density at radius 3 is 3.25 bits per heavy atom. The number of nitrogens with zero attached hydrogens (tertiary/aromatic N) is 1. The molecule has 2 aliphatic rings. The minimum absolute atomic E-state index is 0.153. The van der Waals surface area contributed by atoms with Crippen molar-refractivity contribution in [3.05, 3.63) is 12.2 Å². The zero-order valence-electron chi connectivity index (χ0n) is 6.57. The lowest BCUT2D eigenvalue weighted by Gasteiger charge is -2.20. The predicted octanol–water partition coefficient (Wildman–Crippen LogP) is 1.57. The Balaban J connectivity index is 2.09. The van der Waals surface area contributed by atoms with Crippen LogP contribution in [0.25, 0.3) is 0 Å². The van der Waals surface area contributed by atoms with Crippen LogP contribution >= 0.6 is 22.6 Å². The number of hydrogen-bond donors (Lipinski definition) is 0. The first-order valence-corrected chi connectivity index (χ1v) is 5.55. The van der Waals surface area contributed by atoms with Crippen LogP contribution < -0.4 is 0 Å². The van der Waals surface area contributed by atoms with Gasteiger partial charge in [-0.2, -0.15) is 0 Å².